The minimum absolute atomic E-state index is 0.0245. The number of benzene rings is 3. The van der Waals surface area contributed by atoms with Crippen molar-refractivity contribution in [2.24, 2.45) is 0 Å². The zero-order chi connectivity index (χ0) is 22.6. The van der Waals surface area contributed by atoms with Crippen LogP contribution >= 0.6 is 0 Å². The summed E-state index contributed by atoms with van der Waals surface area (Å²) in [6.07, 6.45) is 0. The molecular formula is C25H21NO5S. The van der Waals surface area contributed by atoms with Gasteiger partial charge in [-0.05, 0) is 24.6 Å². The highest BCUT2D eigenvalue weighted by Crippen LogP contribution is 2.42. The monoisotopic (exact) mass is 447 g/mol. The van der Waals surface area contributed by atoms with Crippen LogP contribution in [0.2, 0.25) is 0 Å². The highest BCUT2D eigenvalue weighted by Gasteiger charge is 2.31. The van der Waals surface area contributed by atoms with E-state index in [1.807, 2.05) is 60.7 Å². The molecule has 0 unspecified atom stereocenters. The van der Waals surface area contributed by atoms with Gasteiger partial charge in [0.2, 0.25) is 5.88 Å². The average molecular weight is 448 g/mol. The van der Waals surface area contributed by atoms with Gasteiger partial charge in [-0.1, -0.05) is 78.9 Å². The zero-order valence-electron chi connectivity index (χ0n) is 17.3. The first-order chi connectivity index (χ1) is 15.5. The van der Waals surface area contributed by atoms with Crippen molar-refractivity contribution in [1.82, 2.24) is 0 Å². The second kappa shape index (κ2) is 9.11. The molecule has 0 spiro atoms. The summed E-state index contributed by atoms with van der Waals surface area (Å²) in [5.74, 6) is -0.501. The number of carbonyl (C=O) groups excluding carboxylic acids is 1. The molecule has 0 amide bonds. The molecule has 4 aromatic rings. The van der Waals surface area contributed by atoms with Crippen molar-refractivity contribution in [2.75, 3.05) is 11.3 Å². The lowest BCUT2D eigenvalue weighted by molar-refractivity contribution is 0.0528. The minimum Gasteiger partial charge on any atom is -0.462 e. The smallest absolute Gasteiger partial charge is 0.344 e. The molecule has 0 saturated heterocycles. The van der Waals surface area contributed by atoms with E-state index in [1.54, 1.807) is 25.1 Å². The Morgan fingerprint density at radius 2 is 1.38 bits per heavy atom. The van der Waals surface area contributed by atoms with Crippen LogP contribution in [-0.4, -0.2) is 21.0 Å². The van der Waals surface area contributed by atoms with Crippen LogP contribution in [0.4, 0.5) is 5.88 Å². The van der Waals surface area contributed by atoms with E-state index in [-0.39, 0.29) is 22.9 Å². The first-order valence-electron chi connectivity index (χ1n) is 10.0. The number of rotatable bonds is 7. The number of esters is 1. The Balaban J connectivity index is 1.95. The molecule has 1 heterocycles. The molecule has 32 heavy (non-hydrogen) atoms. The second-order valence-corrected chi connectivity index (χ2v) is 8.56. The second-order valence-electron chi connectivity index (χ2n) is 6.88. The van der Waals surface area contributed by atoms with Crippen LogP contribution in [0, 0.1) is 0 Å². The lowest BCUT2D eigenvalue weighted by Gasteiger charge is -2.09. The van der Waals surface area contributed by atoms with E-state index in [2.05, 4.69) is 4.72 Å². The molecule has 0 aliphatic carbocycles. The summed E-state index contributed by atoms with van der Waals surface area (Å²) in [5.41, 5.74) is 1.88. The third kappa shape index (κ3) is 4.29. The van der Waals surface area contributed by atoms with Gasteiger partial charge in [0, 0.05) is 11.1 Å². The Morgan fingerprint density at radius 1 is 0.844 bits per heavy atom. The van der Waals surface area contributed by atoms with Crippen molar-refractivity contribution in [3.8, 4) is 22.5 Å². The molecule has 0 fully saturated rings. The Hall–Kier alpha value is -3.84. The van der Waals surface area contributed by atoms with Crippen LogP contribution in [0.5, 0.6) is 0 Å². The maximum atomic E-state index is 13.0. The van der Waals surface area contributed by atoms with Gasteiger partial charge in [0.1, 0.15) is 11.3 Å². The molecule has 0 atom stereocenters. The number of hydrogen-bond donors (Lipinski definition) is 1. The van der Waals surface area contributed by atoms with Crippen molar-refractivity contribution in [1.29, 1.82) is 0 Å². The number of ether oxygens (including phenoxy) is 1. The Kier molecular flexibility index (Phi) is 6.09. The third-order valence-corrected chi connectivity index (χ3v) is 6.11. The standard InChI is InChI=1S/C25H21NO5S/c1-2-30-25(27)22-21(18-12-6-3-7-13-18)23(19-14-8-4-9-15-19)31-24(22)26-32(28,29)20-16-10-5-11-17-20/h3-17,26H,2H2,1H3. The summed E-state index contributed by atoms with van der Waals surface area (Å²) in [6, 6.07) is 26.3. The predicted octanol–water partition coefficient (Wildman–Crippen LogP) is 5.59. The molecule has 0 aliphatic heterocycles. The van der Waals surface area contributed by atoms with E-state index >= 15 is 0 Å². The molecule has 162 valence electrons. The fraction of sp³-hybridized carbons (Fsp3) is 0.0800. The van der Waals surface area contributed by atoms with Crippen LogP contribution in [-0.2, 0) is 14.8 Å². The third-order valence-electron chi connectivity index (χ3n) is 4.77. The zero-order valence-corrected chi connectivity index (χ0v) is 18.1. The fourth-order valence-electron chi connectivity index (χ4n) is 3.35. The first-order valence-corrected chi connectivity index (χ1v) is 11.5. The van der Waals surface area contributed by atoms with E-state index in [0.29, 0.717) is 22.5 Å². The Bertz CT molecular complexity index is 1320. The number of anilines is 1. The molecule has 0 bridgehead atoms. The van der Waals surface area contributed by atoms with Gasteiger partial charge in [-0.2, -0.15) is 0 Å². The van der Waals surface area contributed by atoms with Crippen molar-refractivity contribution in [2.45, 2.75) is 11.8 Å². The summed E-state index contributed by atoms with van der Waals surface area (Å²) in [5, 5.41) is 0. The van der Waals surface area contributed by atoms with E-state index in [4.69, 9.17) is 9.15 Å². The van der Waals surface area contributed by atoms with Crippen LogP contribution in [0.25, 0.3) is 22.5 Å². The lowest BCUT2D eigenvalue weighted by atomic mass is 9.98. The quantitative estimate of drug-likeness (QED) is 0.373. The van der Waals surface area contributed by atoms with Gasteiger partial charge in [-0.3, -0.25) is 0 Å². The van der Waals surface area contributed by atoms with Crippen molar-refractivity contribution >= 4 is 21.9 Å². The Morgan fingerprint density at radius 3 is 1.94 bits per heavy atom. The number of carbonyl (C=O) groups is 1. The summed E-state index contributed by atoms with van der Waals surface area (Å²) in [7, 11) is -4.00. The summed E-state index contributed by atoms with van der Waals surface area (Å²) >= 11 is 0. The normalized spacial score (nSPS) is 11.2. The topological polar surface area (TPSA) is 85.6 Å². The average Bonchev–Trinajstić information content (AvgIpc) is 3.19. The van der Waals surface area contributed by atoms with Gasteiger partial charge in [-0.25, -0.2) is 17.9 Å². The largest absolute Gasteiger partial charge is 0.462 e. The van der Waals surface area contributed by atoms with E-state index < -0.39 is 16.0 Å². The summed E-state index contributed by atoms with van der Waals surface area (Å²) in [6.45, 7) is 1.82. The van der Waals surface area contributed by atoms with Crippen LogP contribution in [0.1, 0.15) is 17.3 Å². The van der Waals surface area contributed by atoms with Crippen LogP contribution in [0.3, 0.4) is 0 Å². The number of sulfonamides is 1. The van der Waals surface area contributed by atoms with Crippen LogP contribution in [0.15, 0.2) is 100 Å². The van der Waals surface area contributed by atoms with Gasteiger partial charge < -0.3 is 9.15 Å². The molecular weight excluding hydrogens is 426 g/mol. The summed E-state index contributed by atoms with van der Waals surface area (Å²) < 4.78 is 39.7. The molecule has 0 aliphatic rings. The van der Waals surface area contributed by atoms with Crippen LogP contribution < -0.4 is 4.72 Å². The predicted molar refractivity (Wildman–Crippen MR) is 123 cm³/mol. The highest BCUT2D eigenvalue weighted by atomic mass is 32.2. The minimum atomic E-state index is -4.00. The summed E-state index contributed by atoms with van der Waals surface area (Å²) in [4.78, 5) is 13.1. The lowest BCUT2D eigenvalue weighted by Crippen LogP contribution is -2.15. The molecule has 0 saturated carbocycles. The SMILES string of the molecule is CCOC(=O)c1c(NS(=O)(=O)c2ccccc2)oc(-c2ccccc2)c1-c1ccccc1. The highest BCUT2D eigenvalue weighted by molar-refractivity contribution is 7.92. The maximum Gasteiger partial charge on any atom is 0.344 e. The van der Waals surface area contributed by atoms with E-state index in [9.17, 15) is 13.2 Å². The fourth-order valence-corrected chi connectivity index (χ4v) is 4.38. The molecule has 4 rings (SSSR count). The first kappa shape index (κ1) is 21.4. The van der Waals surface area contributed by atoms with Gasteiger partial charge in [-0.15, -0.1) is 0 Å². The van der Waals surface area contributed by atoms with Crippen molar-refractivity contribution in [3.63, 3.8) is 0 Å². The molecule has 1 aromatic heterocycles. The van der Waals surface area contributed by atoms with Crippen molar-refractivity contribution < 1.29 is 22.4 Å². The number of hydrogen-bond acceptors (Lipinski definition) is 5. The van der Waals surface area contributed by atoms with Gasteiger partial charge >= 0.3 is 5.97 Å². The molecule has 7 heteroatoms. The Labute approximate surface area is 186 Å². The molecule has 1 N–H and O–H groups in total. The van der Waals surface area contributed by atoms with E-state index in [0.717, 1.165) is 0 Å². The molecule has 6 nitrogen and oxygen atoms in total. The molecule has 0 radical (unpaired) electrons. The van der Waals surface area contributed by atoms with Gasteiger partial charge in [0.25, 0.3) is 10.0 Å². The van der Waals surface area contributed by atoms with Gasteiger partial charge in [0.15, 0.2) is 0 Å². The number of furan rings is 1. The molecule has 3 aromatic carbocycles. The van der Waals surface area contributed by atoms with E-state index in [1.165, 1.54) is 12.1 Å². The van der Waals surface area contributed by atoms with Crippen molar-refractivity contribution in [3.05, 3.63) is 96.6 Å². The van der Waals surface area contributed by atoms with Gasteiger partial charge in [0.05, 0.1) is 11.5 Å². The maximum absolute atomic E-state index is 13.0. The number of nitrogens with one attached hydrogen (secondary N) is 1.